The number of hydrogen-bond acceptors (Lipinski definition) is 2. The molecule has 0 amide bonds. The minimum atomic E-state index is 0.645. The zero-order valence-corrected chi connectivity index (χ0v) is 14.4. The summed E-state index contributed by atoms with van der Waals surface area (Å²) in [6, 6.07) is 16.0. The van der Waals surface area contributed by atoms with Gasteiger partial charge in [-0.3, -0.25) is 0 Å². The minimum absolute atomic E-state index is 0.645. The van der Waals surface area contributed by atoms with E-state index in [1.165, 1.54) is 3.57 Å². The molecule has 4 heteroatoms. The molecule has 3 rings (SSSR count). The lowest BCUT2D eigenvalue weighted by Crippen LogP contribution is -1.88. The molecule has 0 spiro atoms. The first-order valence-electron chi connectivity index (χ1n) is 6.58. The Kier molecular flexibility index (Phi) is 4.31. The average molecular weight is 410 g/mol. The van der Waals surface area contributed by atoms with Crippen LogP contribution in [0.4, 0.5) is 0 Å². The molecule has 1 aromatic heterocycles. The van der Waals surface area contributed by atoms with Gasteiger partial charge in [0.15, 0.2) is 5.89 Å². The van der Waals surface area contributed by atoms with Crippen LogP contribution in [0.15, 0.2) is 52.9 Å². The van der Waals surface area contributed by atoms with Crippen LogP contribution >= 0.6 is 34.2 Å². The number of nitrogens with zero attached hydrogens (tertiary/aromatic N) is 1. The molecule has 0 N–H and O–H groups in total. The highest BCUT2D eigenvalue weighted by Gasteiger charge is 2.12. The third kappa shape index (κ3) is 3.47. The van der Waals surface area contributed by atoms with Crippen LogP contribution in [0.5, 0.6) is 0 Å². The number of aryl methyl sites for hydroxylation is 1. The molecular weight excluding hydrogens is 397 g/mol. The number of oxazole rings is 1. The monoisotopic (exact) mass is 409 g/mol. The Morgan fingerprint density at radius 2 is 1.90 bits per heavy atom. The Morgan fingerprint density at radius 3 is 2.62 bits per heavy atom. The van der Waals surface area contributed by atoms with Gasteiger partial charge in [0, 0.05) is 20.6 Å². The molecule has 0 atom stereocenters. The summed E-state index contributed by atoms with van der Waals surface area (Å²) in [6.07, 6.45) is 0.645. The van der Waals surface area contributed by atoms with Gasteiger partial charge in [0.2, 0.25) is 0 Å². The van der Waals surface area contributed by atoms with Crippen molar-refractivity contribution in [1.29, 1.82) is 0 Å². The highest BCUT2D eigenvalue weighted by atomic mass is 127. The number of benzene rings is 2. The van der Waals surface area contributed by atoms with Crippen molar-refractivity contribution in [2.75, 3.05) is 0 Å². The van der Waals surface area contributed by atoms with E-state index in [1.54, 1.807) is 0 Å². The molecule has 0 aliphatic carbocycles. The number of rotatable bonds is 3. The topological polar surface area (TPSA) is 26.0 Å². The Labute approximate surface area is 142 Å². The predicted molar refractivity (Wildman–Crippen MR) is 93.7 cm³/mol. The van der Waals surface area contributed by atoms with Gasteiger partial charge in [-0.2, -0.15) is 0 Å². The van der Waals surface area contributed by atoms with Gasteiger partial charge in [0.05, 0.1) is 0 Å². The van der Waals surface area contributed by atoms with Crippen molar-refractivity contribution in [3.05, 3.63) is 74.3 Å². The van der Waals surface area contributed by atoms with E-state index in [1.807, 2.05) is 31.2 Å². The molecule has 21 heavy (non-hydrogen) atoms. The standard InChI is InChI=1S/C17H13ClINO/c1-11-17(13-5-7-15(19)8-6-13)20-16(21-11)10-12-3-2-4-14(18)9-12/h2-9H,10H2,1H3. The molecule has 1 heterocycles. The van der Waals surface area contributed by atoms with E-state index >= 15 is 0 Å². The maximum Gasteiger partial charge on any atom is 0.199 e. The first-order chi connectivity index (χ1) is 10.1. The molecule has 3 aromatic rings. The summed E-state index contributed by atoms with van der Waals surface area (Å²) >= 11 is 8.30. The summed E-state index contributed by atoms with van der Waals surface area (Å²) in [5.74, 6) is 1.55. The first-order valence-corrected chi connectivity index (χ1v) is 8.04. The normalized spacial score (nSPS) is 10.8. The van der Waals surface area contributed by atoms with Gasteiger partial charge in [-0.1, -0.05) is 35.9 Å². The van der Waals surface area contributed by atoms with Crippen molar-refractivity contribution >= 4 is 34.2 Å². The smallest absolute Gasteiger partial charge is 0.199 e. The molecule has 0 aliphatic heterocycles. The lowest BCUT2D eigenvalue weighted by atomic mass is 10.1. The van der Waals surface area contributed by atoms with E-state index in [0.717, 1.165) is 27.6 Å². The largest absolute Gasteiger partial charge is 0.445 e. The van der Waals surface area contributed by atoms with Gasteiger partial charge >= 0.3 is 0 Å². The molecule has 0 bridgehead atoms. The van der Waals surface area contributed by atoms with E-state index < -0.39 is 0 Å². The Balaban J connectivity index is 1.89. The molecule has 0 aliphatic rings. The quantitative estimate of drug-likeness (QED) is 0.534. The molecule has 0 radical (unpaired) electrons. The molecule has 0 fully saturated rings. The predicted octanol–water partition coefficient (Wildman–Crippen LogP) is 5.50. The van der Waals surface area contributed by atoms with E-state index in [2.05, 4.69) is 51.8 Å². The second-order valence-corrected chi connectivity index (χ2v) is 6.51. The van der Waals surface area contributed by atoms with Crippen LogP contribution in [-0.2, 0) is 6.42 Å². The summed E-state index contributed by atoms with van der Waals surface area (Å²) < 4.78 is 6.99. The molecule has 2 aromatic carbocycles. The fraction of sp³-hybridized carbons (Fsp3) is 0.118. The fourth-order valence-electron chi connectivity index (χ4n) is 2.22. The van der Waals surface area contributed by atoms with Gasteiger partial charge in [-0.15, -0.1) is 0 Å². The van der Waals surface area contributed by atoms with Crippen LogP contribution in [0.1, 0.15) is 17.2 Å². The molecule has 106 valence electrons. The van der Waals surface area contributed by atoms with Crippen LogP contribution in [0.2, 0.25) is 5.02 Å². The zero-order chi connectivity index (χ0) is 14.8. The molecule has 0 saturated carbocycles. The highest BCUT2D eigenvalue weighted by Crippen LogP contribution is 2.25. The van der Waals surface area contributed by atoms with Crippen LogP contribution in [0.25, 0.3) is 11.3 Å². The van der Waals surface area contributed by atoms with Crippen molar-refractivity contribution in [2.45, 2.75) is 13.3 Å². The maximum atomic E-state index is 6.01. The maximum absolute atomic E-state index is 6.01. The third-order valence-corrected chi connectivity index (χ3v) is 4.16. The Hall–Kier alpha value is -1.33. The van der Waals surface area contributed by atoms with Crippen molar-refractivity contribution in [1.82, 2.24) is 4.98 Å². The highest BCUT2D eigenvalue weighted by molar-refractivity contribution is 14.1. The Morgan fingerprint density at radius 1 is 1.14 bits per heavy atom. The van der Waals surface area contributed by atoms with Crippen molar-refractivity contribution < 1.29 is 4.42 Å². The van der Waals surface area contributed by atoms with E-state index in [9.17, 15) is 0 Å². The van der Waals surface area contributed by atoms with E-state index in [-0.39, 0.29) is 0 Å². The molecule has 2 nitrogen and oxygen atoms in total. The lowest BCUT2D eigenvalue weighted by molar-refractivity contribution is 0.482. The second kappa shape index (κ2) is 6.20. The van der Waals surface area contributed by atoms with Gasteiger partial charge in [0.1, 0.15) is 11.5 Å². The average Bonchev–Trinajstić information content (AvgIpc) is 2.80. The summed E-state index contributed by atoms with van der Waals surface area (Å²) in [5.41, 5.74) is 3.08. The molecular formula is C17H13ClINO. The van der Waals surface area contributed by atoms with Crippen molar-refractivity contribution in [3.8, 4) is 11.3 Å². The molecule has 0 saturated heterocycles. The Bertz CT molecular complexity index is 765. The summed E-state index contributed by atoms with van der Waals surface area (Å²) in [7, 11) is 0. The van der Waals surface area contributed by atoms with Gasteiger partial charge < -0.3 is 4.42 Å². The van der Waals surface area contributed by atoms with Gasteiger partial charge in [-0.25, -0.2) is 4.98 Å². The van der Waals surface area contributed by atoms with Crippen LogP contribution in [-0.4, -0.2) is 4.98 Å². The summed E-state index contributed by atoms with van der Waals surface area (Å²) in [6.45, 7) is 1.95. The number of aromatic nitrogens is 1. The number of halogens is 2. The van der Waals surface area contributed by atoms with Crippen molar-refractivity contribution in [2.24, 2.45) is 0 Å². The lowest BCUT2D eigenvalue weighted by Gasteiger charge is -1.98. The van der Waals surface area contributed by atoms with Gasteiger partial charge in [-0.05, 0) is 59.3 Å². The summed E-state index contributed by atoms with van der Waals surface area (Å²) in [4.78, 5) is 4.62. The first kappa shape index (κ1) is 14.6. The molecule has 0 unspecified atom stereocenters. The van der Waals surface area contributed by atoms with E-state index in [0.29, 0.717) is 12.3 Å². The van der Waals surface area contributed by atoms with Gasteiger partial charge in [0.25, 0.3) is 0 Å². The second-order valence-electron chi connectivity index (χ2n) is 4.83. The summed E-state index contributed by atoms with van der Waals surface area (Å²) in [5, 5.41) is 0.730. The van der Waals surface area contributed by atoms with Crippen LogP contribution in [0.3, 0.4) is 0 Å². The third-order valence-electron chi connectivity index (χ3n) is 3.20. The van der Waals surface area contributed by atoms with E-state index in [4.69, 9.17) is 16.0 Å². The number of hydrogen-bond donors (Lipinski definition) is 0. The fourth-order valence-corrected chi connectivity index (χ4v) is 2.80. The SMILES string of the molecule is Cc1oc(Cc2cccc(Cl)c2)nc1-c1ccc(I)cc1. The van der Waals surface area contributed by atoms with Crippen LogP contribution in [0, 0.1) is 10.5 Å². The zero-order valence-electron chi connectivity index (χ0n) is 11.4. The van der Waals surface area contributed by atoms with Crippen LogP contribution < -0.4 is 0 Å². The van der Waals surface area contributed by atoms with Crippen molar-refractivity contribution in [3.63, 3.8) is 0 Å². The minimum Gasteiger partial charge on any atom is -0.445 e.